The molecule has 92 valence electrons. The first-order valence-corrected chi connectivity index (χ1v) is 6.18. The topological polar surface area (TPSA) is 41.6 Å². The number of benzene rings is 1. The molecule has 0 saturated heterocycles. The largest absolute Gasteiger partial charge is 0.369 e. The molecule has 0 radical (unpaired) electrons. The van der Waals surface area contributed by atoms with E-state index in [0.29, 0.717) is 16.9 Å². The summed E-state index contributed by atoms with van der Waals surface area (Å²) in [5.41, 5.74) is 6.94. The van der Waals surface area contributed by atoms with Crippen LogP contribution < -0.4 is 10.6 Å². The van der Waals surface area contributed by atoms with Crippen molar-refractivity contribution in [1.29, 1.82) is 0 Å². The average molecular weight is 252 g/mol. The number of aliphatic imine (C=N–C) groups is 1. The van der Waals surface area contributed by atoms with Crippen molar-refractivity contribution in [2.45, 2.75) is 26.3 Å². The van der Waals surface area contributed by atoms with Crippen LogP contribution in [-0.4, -0.2) is 18.0 Å². The molecule has 2 rings (SSSR count). The molecule has 3 nitrogen and oxygen atoms in total. The molecule has 0 aromatic heterocycles. The molecular weight excluding hydrogens is 234 g/mol. The number of hydrogen-bond donors (Lipinski definition) is 1. The second-order valence-corrected chi connectivity index (χ2v) is 5.44. The highest BCUT2D eigenvalue weighted by atomic mass is 35.5. The highest BCUT2D eigenvalue weighted by Gasteiger charge is 2.41. The van der Waals surface area contributed by atoms with Gasteiger partial charge in [-0.25, -0.2) is 0 Å². The van der Waals surface area contributed by atoms with Crippen LogP contribution in [0, 0.1) is 5.92 Å². The van der Waals surface area contributed by atoms with Crippen LogP contribution in [0.5, 0.6) is 0 Å². The van der Waals surface area contributed by atoms with Gasteiger partial charge in [0.05, 0.1) is 12.1 Å². The van der Waals surface area contributed by atoms with Crippen molar-refractivity contribution >= 4 is 23.2 Å². The molecule has 17 heavy (non-hydrogen) atoms. The van der Waals surface area contributed by atoms with Crippen molar-refractivity contribution < 1.29 is 0 Å². The monoisotopic (exact) mass is 251 g/mol. The van der Waals surface area contributed by atoms with Crippen molar-refractivity contribution in [2.75, 3.05) is 11.4 Å². The summed E-state index contributed by atoms with van der Waals surface area (Å²) in [6.45, 7) is 7.28. The highest BCUT2D eigenvalue weighted by molar-refractivity contribution is 6.31. The molecule has 0 spiro atoms. The van der Waals surface area contributed by atoms with Crippen LogP contribution in [0.1, 0.15) is 20.8 Å². The predicted molar refractivity (Wildman–Crippen MR) is 73.7 cm³/mol. The fourth-order valence-corrected chi connectivity index (χ4v) is 2.31. The first kappa shape index (κ1) is 12.2. The Bertz CT molecular complexity index is 456. The van der Waals surface area contributed by atoms with Crippen LogP contribution in [0.15, 0.2) is 29.3 Å². The zero-order valence-electron chi connectivity index (χ0n) is 10.4. The van der Waals surface area contributed by atoms with Gasteiger partial charge < -0.3 is 10.6 Å². The predicted octanol–water partition coefficient (Wildman–Crippen LogP) is 2.89. The molecule has 1 heterocycles. The molecule has 0 saturated carbocycles. The lowest BCUT2D eigenvalue weighted by Crippen LogP contribution is -2.53. The second-order valence-electron chi connectivity index (χ2n) is 5.00. The summed E-state index contributed by atoms with van der Waals surface area (Å²) in [7, 11) is 0. The zero-order valence-corrected chi connectivity index (χ0v) is 11.2. The summed E-state index contributed by atoms with van der Waals surface area (Å²) < 4.78 is 0. The third-order valence-electron chi connectivity index (χ3n) is 3.61. The third-order valence-corrected chi connectivity index (χ3v) is 3.85. The molecule has 1 atom stereocenters. The van der Waals surface area contributed by atoms with Gasteiger partial charge in [-0.15, -0.1) is 0 Å². The molecule has 2 N–H and O–H groups in total. The first-order valence-electron chi connectivity index (χ1n) is 5.81. The Morgan fingerprint density at radius 2 is 2.18 bits per heavy atom. The quantitative estimate of drug-likeness (QED) is 0.878. The van der Waals surface area contributed by atoms with E-state index >= 15 is 0 Å². The molecule has 0 aliphatic carbocycles. The minimum absolute atomic E-state index is 0.0746. The van der Waals surface area contributed by atoms with E-state index in [-0.39, 0.29) is 5.54 Å². The number of nitrogens with zero attached hydrogens (tertiary/aromatic N) is 2. The second kappa shape index (κ2) is 4.22. The first-order chi connectivity index (χ1) is 7.95. The van der Waals surface area contributed by atoms with E-state index in [4.69, 9.17) is 17.3 Å². The Balaban J connectivity index is 2.44. The van der Waals surface area contributed by atoms with Crippen LogP contribution in [0.4, 0.5) is 5.69 Å². The van der Waals surface area contributed by atoms with Crippen LogP contribution >= 0.6 is 11.6 Å². The number of hydrogen-bond acceptors (Lipinski definition) is 3. The van der Waals surface area contributed by atoms with Gasteiger partial charge in [-0.2, -0.15) is 0 Å². The van der Waals surface area contributed by atoms with Gasteiger partial charge in [-0.1, -0.05) is 31.5 Å². The molecule has 4 heteroatoms. The van der Waals surface area contributed by atoms with Crippen LogP contribution in [0.2, 0.25) is 5.02 Å². The third kappa shape index (κ3) is 2.00. The van der Waals surface area contributed by atoms with Gasteiger partial charge in [-0.3, -0.25) is 4.99 Å². The summed E-state index contributed by atoms with van der Waals surface area (Å²) in [6.07, 6.45) is 0. The molecule has 0 bridgehead atoms. The fraction of sp³-hybridized carbons (Fsp3) is 0.462. The number of anilines is 1. The van der Waals surface area contributed by atoms with Gasteiger partial charge in [0.15, 0.2) is 5.96 Å². The van der Waals surface area contributed by atoms with Gasteiger partial charge in [-0.05, 0) is 31.0 Å². The van der Waals surface area contributed by atoms with E-state index in [1.54, 1.807) is 0 Å². The van der Waals surface area contributed by atoms with Gasteiger partial charge >= 0.3 is 0 Å². The maximum Gasteiger partial charge on any atom is 0.196 e. The Kier molecular flexibility index (Phi) is 3.04. The summed E-state index contributed by atoms with van der Waals surface area (Å²) in [5.74, 6) is 1.02. The van der Waals surface area contributed by atoms with E-state index in [1.807, 2.05) is 24.3 Å². The molecule has 1 aromatic rings. The van der Waals surface area contributed by atoms with Crippen molar-refractivity contribution in [3.63, 3.8) is 0 Å². The lowest BCUT2D eigenvalue weighted by Gasteiger charge is -2.39. The van der Waals surface area contributed by atoms with E-state index in [9.17, 15) is 0 Å². The van der Waals surface area contributed by atoms with Crippen LogP contribution in [-0.2, 0) is 0 Å². The number of halogens is 1. The molecular formula is C13H18ClN3. The van der Waals surface area contributed by atoms with E-state index < -0.39 is 0 Å². The smallest absolute Gasteiger partial charge is 0.196 e. The van der Waals surface area contributed by atoms with E-state index in [0.717, 1.165) is 12.2 Å². The molecule has 0 amide bonds. The van der Waals surface area contributed by atoms with Crippen molar-refractivity contribution in [3.8, 4) is 0 Å². The van der Waals surface area contributed by atoms with E-state index in [1.165, 1.54) is 0 Å². The summed E-state index contributed by atoms with van der Waals surface area (Å²) in [5, 5.41) is 0.716. The lowest BCUT2D eigenvalue weighted by atomic mass is 9.87. The summed E-state index contributed by atoms with van der Waals surface area (Å²) >= 11 is 6.04. The Morgan fingerprint density at radius 1 is 1.47 bits per heavy atom. The lowest BCUT2D eigenvalue weighted by molar-refractivity contribution is 0.366. The van der Waals surface area contributed by atoms with Gasteiger partial charge in [0, 0.05) is 10.7 Å². The van der Waals surface area contributed by atoms with Gasteiger partial charge in [0.1, 0.15) is 0 Å². The van der Waals surface area contributed by atoms with Crippen molar-refractivity contribution in [1.82, 2.24) is 0 Å². The Morgan fingerprint density at radius 3 is 2.76 bits per heavy atom. The van der Waals surface area contributed by atoms with Crippen molar-refractivity contribution in [2.24, 2.45) is 16.6 Å². The number of rotatable bonds is 2. The minimum Gasteiger partial charge on any atom is -0.369 e. The van der Waals surface area contributed by atoms with E-state index in [2.05, 4.69) is 30.7 Å². The summed E-state index contributed by atoms with van der Waals surface area (Å²) in [6, 6.07) is 7.74. The molecule has 1 unspecified atom stereocenters. The molecule has 1 aromatic carbocycles. The average Bonchev–Trinajstić information content (AvgIpc) is 2.56. The maximum atomic E-state index is 6.04. The normalized spacial score (nSPS) is 24.3. The van der Waals surface area contributed by atoms with Crippen LogP contribution in [0.25, 0.3) is 0 Å². The highest BCUT2D eigenvalue weighted by Crippen LogP contribution is 2.34. The zero-order chi connectivity index (χ0) is 12.6. The molecule has 0 fully saturated rings. The standard InChI is InChI=1S/C13H18ClN3/c1-9(2)13(3)8-16-12(15)17(13)11-6-4-5-10(14)7-11/h4-7,9H,8H2,1-3H3,(H2,15,16). The van der Waals surface area contributed by atoms with Crippen molar-refractivity contribution in [3.05, 3.63) is 29.3 Å². The number of nitrogens with two attached hydrogens (primary N) is 1. The Hall–Kier alpha value is -1.22. The molecule has 1 aliphatic rings. The molecule has 1 aliphatic heterocycles. The fourth-order valence-electron chi connectivity index (χ4n) is 2.13. The SMILES string of the molecule is CC(C)C1(C)CN=C(N)N1c1cccc(Cl)c1. The van der Waals surface area contributed by atoms with Crippen LogP contribution in [0.3, 0.4) is 0 Å². The maximum absolute atomic E-state index is 6.04. The number of guanidine groups is 1. The van der Waals surface area contributed by atoms with Gasteiger partial charge in [0.25, 0.3) is 0 Å². The van der Waals surface area contributed by atoms with Gasteiger partial charge in [0.2, 0.25) is 0 Å². The Labute approximate surface area is 107 Å². The minimum atomic E-state index is -0.0746. The summed E-state index contributed by atoms with van der Waals surface area (Å²) in [4.78, 5) is 6.46.